The number of rotatable bonds is 9. The zero-order chi connectivity index (χ0) is 28.5. The highest BCUT2D eigenvalue weighted by atomic mass is 35.5. The minimum absolute atomic E-state index is 0.0745. The van der Waals surface area contributed by atoms with Crippen molar-refractivity contribution in [3.63, 3.8) is 0 Å². The van der Waals surface area contributed by atoms with Crippen LogP contribution in [0.2, 0.25) is 5.28 Å². The minimum atomic E-state index is -4.90. The van der Waals surface area contributed by atoms with Crippen molar-refractivity contribution in [1.82, 2.24) is 19.7 Å². The van der Waals surface area contributed by atoms with E-state index in [9.17, 15) is 29.3 Å². The summed E-state index contributed by atoms with van der Waals surface area (Å²) in [6.45, 7) is -1.89. The predicted molar refractivity (Wildman–Crippen MR) is 137 cm³/mol. The third kappa shape index (κ3) is 3.91. The molecule has 15 nitrogen and oxygen atoms in total. The van der Waals surface area contributed by atoms with Crippen LogP contribution in [0.1, 0.15) is 38.3 Å². The highest BCUT2D eigenvalue weighted by Crippen LogP contribution is 2.82. The van der Waals surface area contributed by atoms with Crippen molar-refractivity contribution in [2.24, 2.45) is 23.2 Å². The van der Waals surface area contributed by atoms with Crippen molar-refractivity contribution in [3.8, 4) is 0 Å². The number of anilines is 1. The van der Waals surface area contributed by atoms with Gasteiger partial charge < -0.3 is 44.6 Å². The molecule has 4 aliphatic carbocycles. The van der Waals surface area contributed by atoms with Crippen molar-refractivity contribution in [2.75, 3.05) is 24.4 Å². The molecule has 1 aliphatic heterocycles. The molecule has 18 heteroatoms. The van der Waals surface area contributed by atoms with E-state index in [4.69, 9.17) is 30.6 Å². The molecule has 40 heavy (non-hydrogen) atoms. The summed E-state index contributed by atoms with van der Waals surface area (Å²) in [6.07, 6.45) is 2.51. The molecule has 3 unspecified atom stereocenters. The van der Waals surface area contributed by atoms with Gasteiger partial charge >= 0.3 is 15.2 Å². The molecule has 0 amide bonds. The average molecular weight is 622 g/mol. The van der Waals surface area contributed by atoms with Crippen LogP contribution in [0.25, 0.3) is 11.0 Å². The van der Waals surface area contributed by atoms with Crippen LogP contribution >= 0.6 is 26.8 Å². The molecule has 5 aliphatic rings. The minimum Gasteiger partial charge on any atom is -0.393 e. The lowest BCUT2D eigenvalue weighted by Gasteiger charge is -2.66. The molecule has 1 saturated heterocycles. The Morgan fingerprint density at radius 1 is 1.18 bits per heavy atom. The molecular formula is C22H30ClN5O10P2. The van der Waals surface area contributed by atoms with E-state index >= 15 is 0 Å². The number of fused-ring (bicyclic) bond motifs is 2. The number of ether oxygens (including phenoxy) is 1. The number of halogens is 1. The third-order valence-electron chi connectivity index (χ3n) is 10.1. The van der Waals surface area contributed by atoms with Gasteiger partial charge in [0, 0.05) is 5.54 Å². The maximum absolute atomic E-state index is 12.1. The fourth-order valence-electron chi connectivity index (χ4n) is 8.48. The number of hydrogen-bond acceptors (Lipinski definition) is 11. The van der Waals surface area contributed by atoms with Gasteiger partial charge in [-0.05, 0) is 66.9 Å². The first-order chi connectivity index (χ1) is 18.7. The van der Waals surface area contributed by atoms with Crippen LogP contribution in [0, 0.1) is 23.2 Å². The second-order valence-corrected chi connectivity index (χ2v) is 16.5. The molecule has 3 heterocycles. The van der Waals surface area contributed by atoms with E-state index in [1.165, 1.54) is 23.7 Å². The van der Waals surface area contributed by atoms with Gasteiger partial charge in [-0.2, -0.15) is 15.1 Å². The van der Waals surface area contributed by atoms with Crippen molar-refractivity contribution < 1.29 is 48.4 Å². The van der Waals surface area contributed by atoms with E-state index in [0.717, 1.165) is 37.0 Å². The third-order valence-corrected chi connectivity index (χ3v) is 13.7. The van der Waals surface area contributed by atoms with Crippen LogP contribution in [0.4, 0.5) is 5.82 Å². The summed E-state index contributed by atoms with van der Waals surface area (Å²) in [4.78, 5) is 36.6. The van der Waals surface area contributed by atoms with E-state index in [1.807, 2.05) is 0 Å². The number of hydrogen-bond donors (Lipinski definition) is 7. The fourth-order valence-corrected chi connectivity index (χ4v) is 11.2. The lowest BCUT2D eigenvalue weighted by atomic mass is 9.38. The molecule has 220 valence electrons. The van der Waals surface area contributed by atoms with Gasteiger partial charge in [-0.3, -0.25) is 9.13 Å². The Hall–Kier alpha value is -1.22. The van der Waals surface area contributed by atoms with Crippen LogP contribution < -0.4 is 5.32 Å². The SMILES string of the molecule is O=P(O)(O)CP(=O)(O)OC[C@H]1O[C@@H](n2ncc3c(NC45CC6CC7CC(C4)C76C5)nc(Cl)nc32)[C@H](O)[C@@]1(O)CO. The Morgan fingerprint density at radius 3 is 2.48 bits per heavy atom. The number of aliphatic hydroxyl groups excluding tert-OH is 2. The molecule has 1 spiro atoms. The summed E-state index contributed by atoms with van der Waals surface area (Å²) >= 11 is 6.31. The number of nitrogens with zero attached hydrogens (tertiary/aromatic N) is 4. The Bertz CT molecular complexity index is 1470. The maximum atomic E-state index is 12.1. The van der Waals surface area contributed by atoms with Crippen molar-refractivity contribution in [3.05, 3.63) is 11.5 Å². The second-order valence-electron chi connectivity index (χ2n) is 12.2. The summed E-state index contributed by atoms with van der Waals surface area (Å²) in [5, 5.41) is 40.3. The average Bonchev–Trinajstić information content (AvgIpc) is 3.53. The summed E-state index contributed by atoms with van der Waals surface area (Å²) < 4.78 is 35.0. The quantitative estimate of drug-likeness (QED) is 0.152. The topological polar surface area (TPSA) is 230 Å². The summed E-state index contributed by atoms with van der Waals surface area (Å²) in [7, 11) is -9.70. The van der Waals surface area contributed by atoms with Crippen molar-refractivity contribution >= 4 is 43.6 Å². The number of nitrogens with one attached hydrogen (secondary N) is 1. The zero-order valence-electron chi connectivity index (χ0n) is 21.1. The second kappa shape index (κ2) is 8.67. The molecular weight excluding hydrogens is 592 g/mol. The van der Waals surface area contributed by atoms with Crippen LogP contribution in [0.15, 0.2) is 6.20 Å². The Morgan fingerprint density at radius 2 is 1.88 bits per heavy atom. The first-order valence-corrected chi connectivity index (χ1v) is 17.0. The molecule has 0 aromatic carbocycles. The molecule has 2 bridgehead atoms. The number of aliphatic hydroxyl groups is 3. The van der Waals surface area contributed by atoms with Gasteiger partial charge in [0.05, 0.1) is 24.8 Å². The summed E-state index contributed by atoms with van der Waals surface area (Å²) in [6, 6.07) is 0. The van der Waals surface area contributed by atoms with Gasteiger partial charge in [-0.1, -0.05) is 0 Å². The molecule has 7 N–H and O–H groups in total. The highest BCUT2D eigenvalue weighted by Gasteiger charge is 2.77. The Labute approximate surface area is 232 Å². The molecule has 2 aromatic heterocycles. The Balaban J connectivity index is 1.15. The van der Waals surface area contributed by atoms with E-state index in [0.29, 0.717) is 16.6 Å². The standard InChI is InChI=1S/C22H30ClN5O10P2/c23-19-25-16(27-20-3-11-1-10-2-12(4-20)21(10,11)7-20)13-5-24-28(17(13)26-19)18-15(30)22(31,8-29)14(38-18)6-37-40(35,36)9-39(32,33)34/h5,10-12,14-15,18,29-31H,1-4,6-9H2,(H,35,36)(H,25,26,27)(H2,32,33,34)/t10?,11?,12?,14-,15+,18-,20?,21?,22-/m1/s1. The van der Waals surface area contributed by atoms with Gasteiger partial charge in [0.1, 0.15) is 23.6 Å². The normalized spacial score (nSPS) is 42.9. The largest absolute Gasteiger partial charge is 0.393 e. The van der Waals surface area contributed by atoms with Gasteiger partial charge in [0.25, 0.3) is 0 Å². The molecule has 5 fully saturated rings. The van der Waals surface area contributed by atoms with E-state index in [-0.39, 0.29) is 16.5 Å². The molecule has 0 radical (unpaired) electrons. The van der Waals surface area contributed by atoms with Crippen molar-refractivity contribution in [2.45, 2.75) is 61.7 Å². The zero-order valence-corrected chi connectivity index (χ0v) is 23.6. The molecule has 7 atom stereocenters. The van der Waals surface area contributed by atoms with Crippen LogP contribution in [-0.2, 0) is 18.4 Å². The van der Waals surface area contributed by atoms with Crippen LogP contribution in [0.5, 0.6) is 0 Å². The van der Waals surface area contributed by atoms with E-state index < -0.39 is 58.3 Å². The monoisotopic (exact) mass is 621 g/mol. The van der Waals surface area contributed by atoms with Crippen molar-refractivity contribution in [1.29, 1.82) is 0 Å². The molecule has 2 aromatic rings. The van der Waals surface area contributed by atoms with Gasteiger partial charge in [0.15, 0.2) is 17.8 Å². The Kier molecular flexibility index (Phi) is 5.98. The summed E-state index contributed by atoms with van der Waals surface area (Å²) in [5.41, 5.74) is -1.78. The van der Waals surface area contributed by atoms with Gasteiger partial charge in [-0.15, -0.1) is 0 Å². The highest BCUT2D eigenvalue weighted by molar-refractivity contribution is 7.70. The van der Waals surface area contributed by atoms with Gasteiger partial charge in [-0.25, -0.2) is 4.68 Å². The first kappa shape index (κ1) is 27.6. The van der Waals surface area contributed by atoms with Crippen LogP contribution in [-0.4, -0.2) is 92.2 Å². The molecule has 7 rings (SSSR count). The van der Waals surface area contributed by atoms with Crippen LogP contribution in [0.3, 0.4) is 0 Å². The summed E-state index contributed by atoms with van der Waals surface area (Å²) in [5.74, 6) is 1.36. The predicted octanol–water partition coefficient (Wildman–Crippen LogP) is 0.789. The smallest absolute Gasteiger partial charge is 0.340 e. The molecule has 4 saturated carbocycles. The fraction of sp³-hybridized carbons (Fsp3) is 0.773. The van der Waals surface area contributed by atoms with Gasteiger partial charge in [0.2, 0.25) is 5.28 Å². The first-order valence-electron chi connectivity index (χ1n) is 13.1. The lowest BCUT2D eigenvalue weighted by Crippen LogP contribution is -2.59. The van der Waals surface area contributed by atoms with E-state index in [2.05, 4.69) is 20.4 Å². The van der Waals surface area contributed by atoms with E-state index in [1.54, 1.807) is 0 Å². The lowest BCUT2D eigenvalue weighted by molar-refractivity contribution is -0.175. The maximum Gasteiger partial charge on any atom is 0.340 e. The number of aromatic nitrogens is 4.